The fraction of sp³-hybridized carbons (Fsp3) is 0.261. The number of carbonyl (C=O) groups excluding carboxylic acids is 1. The molecule has 2 aromatic heterocycles. The number of nitrogens with zero attached hydrogens (tertiary/aromatic N) is 5. The van der Waals surface area contributed by atoms with Crippen molar-refractivity contribution in [2.75, 3.05) is 26.2 Å². The molecule has 2 aromatic carbocycles. The number of amides is 1. The second-order valence-corrected chi connectivity index (χ2v) is 8.25. The van der Waals surface area contributed by atoms with E-state index in [0.717, 1.165) is 55.3 Å². The molecule has 1 amide bonds. The summed E-state index contributed by atoms with van der Waals surface area (Å²) in [7, 11) is 0. The Labute approximate surface area is 179 Å². The first-order valence-corrected chi connectivity index (χ1v) is 11.1. The van der Waals surface area contributed by atoms with Crippen molar-refractivity contribution in [3.05, 3.63) is 71.1 Å². The van der Waals surface area contributed by atoms with Gasteiger partial charge in [0, 0.05) is 38.1 Å². The van der Waals surface area contributed by atoms with Gasteiger partial charge in [-0.05, 0) is 17.7 Å². The van der Waals surface area contributed by atoms with Crippen molar-refractivity contribution in [3.63, 3.8) is 0 Å². The highest BCUT2D eigenvalue weighted by Crippen LogP contribution is 2.25. The van der Waals surface area contributed by atoms with Crippen LogP contribution in [0.3, 0.4) is 0 Å². The number of fused-ring (bicyclic) bond motifs is 1. The largest absolute Gasteiger partial charge is 0.339 e. The van der Waals surface area contributed by atoms with E-state index in [2.05, 4.69) is 34.1 Å². The Balaban J connectivity index is 1.29. The van der Waals surface area contributed by atoms with Gasteiger partial charge in [-0.1, -0.05) is 42.5 Å². The first kappa shape index (κ1) is 19.0. The average molecular weight is 418 g/mol. The molecule has 0 aliphatic carbocycles. The van der Waals surface area contributed by atoms with Crippen LogP contribution in [0.15, 0.2) is 65.5 Å². The molecule has 1 saturated heterocycles. The van der Waals surface area contributed by atoms with Crippen molar-refractivity contribution in [3.8, 4) is 11.5 Å². The molecule has 1 aliphatic rings. The van der Waals surface area contributed by atoms with Crippen LogP contribution in [0, 0.1) is 0 Å². The van der Waals surface area contributed by atoms with Crippen LogP contribution in [-0.2, 0) is 17.9 Å². The number of aromatic nitrogens is 3. The average Bonchev–Trinajstić information content (AvgIpc) is 3.43. The predicted octanol–water partition coefficient (Wildman–Crippen LogP) is 3.50. The summed E-state index contributed by atoms with van der Waals surface area (Å²) in [6, 6.07) is 18.5. The molecule has 6 nitrogen and oxygen atoms in total. The summed E-state index contributed by atoms with van der Waals surface area (Å²) in [6.07, 6.45) is 0. The number of piperazine rings is 1. The lowest BCUT2D eigenvalue weighted by molar-refractivity contribution is -0.133. The molecular weight excluding hydrogens is 394 g/mol. The van der Waals surface area contributed by atoms with Gasteiger partial charge in [0.15, 0.2) is 5.82 Å². The standard InChI is InChI=1S/C23H23N5OS/c29-22(27-12-10-26(11-13-27)14-18-6-2-1-3-7-18)15-28-21-9-5-4-8-19(21)25-23(28)20-16-30-17-24-20/h1-9,16-17H,10-15H2. The predicted molar refractivity (Wildman–Crippen MR) is 119 cm³/mol. The molecule has 1 aliphatic heterocycles. The maximum absolute atomic E-state index is 13.1. The Bertz CT molecular complexity index is 1130. The van der Waals surface area contributed by atoms with Crippen molar-refractivity contribution in [1.82, 2.24) is 24.3 Å². The molecule has 5 rings (SSSR count). The monoisotopic (exact) mass is 417 g/mol. The molecule has 3 heterocycles. The maximum Gasteiger partial charge on any atom is 0.242 e. The number of thiazole rings is 1. The Hall–Kier alpha value is -3.03. The summed E-state index contributed by atoms with van der Waals surface area (Å²) in [5.74, 6) is 0.891. The summed E-state index contributed by atoms with van der Waals surface area (Å²) in [5.41, 5.74) is 5.79. The minimum atomic E-state index is 0.133. The molecule has 0 saturated carbocycles. The number of imidazole rings is 1. The molecular formula is C23H23N5OS. The van der Waals surface area contributed by atoms with Crippen LogP contribution in [0.1, 0.15) is 5.56 Å². The zero-order valence-corrected chi connectivity index (χ0v) is 17.5. The van der Waals surface area contributed by atoms with Crippen molar-refractivity contribution in [2.45, 2.75) is 13.1 Å². The molecule has 0 atom stereocenters. The van der Waals surface area contributed by atoms with Crippen molar-refractivity contribution < 1.29 is 4.79 Å². The summed E-state index contributed by atoms with van der Waals surface area (Å²) >= 11 is 1.54. The molecule has 0 unspecified atom stereocenters. The first-order chi connectivity index (χ1) is 14.8. The first-order valence-electron chi connectivity index (χ1n) is 10.2. The number of hydrogen-bond donors (Lipinski definition) is 0. The van der Waals surface area contributed by atoms with Gasteiger partial charge in [-0.2, -0.15) is 0 Å². The zero-order valence-electron chi connectivity index (χ0n) is 16.6. The Morgan fingerprint density at radius 1 is 0.967 bits per heavy atom. The molecule has 0 radical (unpaired) electrons. The van der Waals surface area contributed by atoms with E-state index in [1.54, 1.807) is 5.51 Å². The number of para-hydroxylation sites is 2. The van der Waals surface area contributed by atoms with Gasteiger partial charge in [-0.15, -0.1) is 11.3 Å². The van der Waals surface area contributed by atoms with Gasteiger partial charge in [0.25, 0.3) is 0 Å². The van der Waals surface area contributed by atoms with Gasteiger partial charge in [0.1, 0.15) is 12.2 Å². The van der Waals surface area contributed by atoms with Crippen LogP contribution < -0.4 is 0 Å². The fourth-order valence-corrected chi connectivity index (χ4v) is 4.52. The van der Waals surface area contributed by atoms with Crippen molar-refractivity contribution >= 4 is 28.3 Å². The normalized spacial score (nSPS) is 15.0. The van der Waals surface area contributed by atoms with E-state index in [0.29, 0.717) is 0 Å². The lowest BCUT2D eigenvalue weighted by Crippen LogP contribution is -2.49. The SMILES string of the molecule is O=C(Cn1c(-c2cscn2)nc2ccccc21)N1CCN(Cc2ccccc2)CC1. The van der Waals surface area contributed by atoms with E-state index in [4.69, 9.17) is 4.98 Å². The van der Waals surface area contributed by atoms with Crippen LogP contribution in [0.2, 0.25) is 0 Å². The third-order valence-electron chi connectivity index (χ3n) is 5.58. The lowest BCUT2D eigenvalue weighted by Gasteiger charge is -2.35. The number of rotatable bonds is 5. The Kier molecular flexibility index (Phi) is 5.29. The van der Waals surface area contributed by atoms with E-state index in [1.165, 1.54) is 16.9 Å². The quantitative estimate of drug-likeness (QED) is 0.499. The van der Waals surface area contributed by atoms with E-state index in [-0.39, 0.29) is 12.5 Å². The second-order valence-electron chi connectivity index (χ2n) is 7.53. The minimum absolute atomic E-state index is 0.133. The molecule has 1 fully saturated rings. The highest BCUT2D eigenvalue weighted by molar-refractivity contribution is 7.07. The summed E-state index contributed by atoms with van der Waals surface area (Å²) < 4.78 is 2.00. The highest BCUT2D eigenvalue weighted by Gasteiger charge is 2.23. The Morgan fingerprint density at radius 2 is 1.73 bits per heavy atom. The summed E-state index contributed by atoms with van der Waals surface area (Å²) in [4.78, 5) is 26.7. The summed E-state index contributed by atoms with van der Waals surface area (Å²) in [5, 5.41) is 1.98. The van der Waals surface area contributed by atoms with E-state index < -0.39 is 0 Å². The van der Waals surface area contributed by atoms with Crippen LogP contribution in [0.25, 0.3) is 22.6 Å². The van der Waals surface area contributed by atoms with Gasteiger partial charge < -0.3 is 9.47 Å². The topological polar surface area (TPSA) is 54.3 Å². The van der Waals surface area contributed by atoms with E-state index in [9.17, 15) is 4.79 Å². The maximum atomic E-state index is 13.1. The smallest absolute Gasteiger partial charge is 0.242 e. The van der Waals surface area contributed by atoms with Gasteiger partial charge in [-0.25, -0.2) is 9.97 Å². The minimum Gasteiger partial charge on any atom is -0.339 e. The number of benzene rings is 2. The molecule has 0 N–H and O–H groups in total. The highest BCUT2D eigenvalue weighted by atomic mass is 32.1. The van der Waals surface area contributed by atoms with Gasteiger partial charge >= 0.3 is 0 Å². The van der Waals surface area contributed by atoms with Gasteiger partial charge in [-0.3, -0.25) is 9.69 Å². The molecule has 7 heteroatoms. The third kappa shape index (κ3) is 3.86. The van der Waals surface area contributed by atoms with Crippen molar-refractivity contribution in [2.24, 2.45) is 0 Å². The second kappa shape index (κ2) is 8.38. The lowest BCUT2D eigenvalue weighted by atomic mass is 10.2. The zero-order chi connectivity index (χ0) is 20.3. The number of hydrogen-bond acceptors (Lipinski definition) is 5. The Morgan fingerprint density at radius 3 is 2.50 bits per heavy atom. The molecule has 4 aromatic rings. The van der Waals surface area contributed by atoms with Crippen LogP contribution in [-0.4, -0.2) is 56.4 Å². The van der Waals surface area contributed by atoms with Gasteiger partial charge in [0.2, 0.25) is 5.91 Å². The van der Waals surface area contributed by atoms with Crippen LogP contribution in [0.5, 0.6) is 0 Å². The van der Waals surface area contributed by atoms with Crippen molar-refractivity contribution in [1.29, 1.82) is 0 Å². The van der Waals surface area contributed by atoms with Crippen LogP contribution in [0.4, 0.5) is 0 Å². The molecule has 0 bridgehead atoms. The van der Waals surface area contributed by atoms with Crippen LogP contribution >= 0.6 is 11.3 Å². The summed E-state index contributed by atoms with van der Waals surface area (Å²) in [6.45, 7) is 4.51. The van der Waals surface area contributed by atoms with E-state index >= 15 is 0 Å². The van der Waals surface area contributed by atoms with E-state index in [1.807, 2.05) is 45.2 Å². The fourth-order valence-electron chi connectivity index (χ4n) is 3.99. The molecule has 152 valence electrons. The molecule has 0 spiro atoms. The van der Waals surface area contributed by atoms with Gasteiger partial charge in [0.05, 0.1) is 16.5 Å². The number of carbonyl (C=O) groups is 1. The third-order valence-corrected chi connectivity index (χ3v) is 6.17. The molecule has 30 heavy (non-hydrogen) atoms.